The van der Waals surface area contributed by atoms with Gasteiger partial charge in [-0.25, -0.2) is 0 Å². The van der Waals surface area contributed by atoms with Gasteiger partial charge in [0.15, 0.2) is 6.61 Å². The van der Waals surface area contributed by atoms with E-state index in [1.54, 1.807) is 6.07 Å². The first kappa shape index (κ1) is 24.5. The van der Waals surface area contributed by atoms with Gasteiger partial charge in [0.05, 0.1) is 0 Å². The average Bonchev–Trinajstić information content (AvgIpc) is 3.25. The van der Waals surface area contributed by atoms with Gasteiger partial charge in [0.2, 0.25) is 0 Å². The minimum absolute atomic E-state index is 0.166. The molecule has 0 aliphatic carbocycles. The van der Waals surface area contributed by atoms with Gasteiger partial charge in [-0.15, -0.1) is 0 Å². The molecule has 1 amide bonds. The molecule has 0 aliphatic rings. The van der Waals surface area contributed by atoms with Crippen molar-refractivity contribution in [2.24, 2.45) is 0 Å². The lowest BCUT2D eigenvalue weighted by Crippen LogP contribution is -2.38. The number of rotatable bonds is 10. The van der Waals surface area contributed by atoms with Crippen LogP contribution in [0.25, 0.3) is 10.9 Å². The van der Waals surface area contributed by atoms with Crippen LogP contribution in [-0.4, -0.2) is 34.6 Å². The molecule has 0 fully saturated rings. The molecule has 0 bridgehead atoms. The van der Waals surface area contributed by atoms with Crippen LogP contribution < -0.4 is 15.4 Å². The maximum absolute atomic E-state index is 12.3. The first-order valence-corrected chi connectivity index (χ1v) is 12.0. The number of fused-ring (bicyclic) bond motifs is 1. The van der Waals surface area contributed by atoms with Crippen LogP contribution in [0.3, 0.4) is 0 Å². The molecule has 35 heavy (non-hydrogen) atoms. The Morgan fingerprint density at radius 2 is 1.83 bits per heavy atom. The number of carbonyl (C=O) groups excluding carboxylic acids is 1. The third-order valence-corrected chi connectivity index (χ3v) is 6.15. The lowest BCUT2D eigenvalue weighted by molar-refractivity contribution is -0.139. The third-order valence-electron chi connectivity index (χ3n) is 5.65. The molecule has 1 heterocycles. The van der Waals surface area contributed by atoms with Gasteiger partial charge in [-0.1, -0.05) is 51.8 Å². The molecule has 4 aromatic rings. The van der Waals surface area contributed by atoms with E-state index in [4.69, 9.17) is 4.74 Å². The number of carboxylic acid groups (broad SMARTS) is 1. The standard InChI is InChI=1S/C27H26BrN3O4/c1-17-6-9-21(10-7-17)31-26(32)16-35-25-11-8-20(28)12-19(25)15-30-24(27(33)34)13-18-14-29-23-5-3-2-4-22(18)23/h2-12,14,24,29-30H,13,15-16H2,1H3,(H,31,32)(H,33,34). The number of benzene rings is 3. The fourth-order valence-corrected chi connectivity index (χ4v) is 4.21. The zero-order valence-corrected chi connectivity index (χ0v) is 20.8. The van der Waals surface area contributed by atoms with Gasteiger partial charge in [0, 0.05) is 45.8 Å². The summed E-state index contributed by atoms with van der Waals surface area (Å²) >= 11 is 3.46. The highest BCUT2D eigenvalue weighted by atomic mass is 79.9. The molecule has 1 aromatic heterocycles. The zero-order valence-electron chi connectivity index (χ0n) is 19.2. The second-order valence-corrected chi connectivity index (χ2v) is 9.21. The smallest absolute Gasteiger partial charge is 0.321 e. The largest absolute Gasteiger partial charge is 0.483 e. The van der Waals surface area contributed by atoms with Crippen LogP contribution in [0.1, 0.15) is 16.7 Å². The lowest BCUT2D eigenvalue weighted by Gasteiger charge is -2.17. The van der Waals surface area contributed by atoms with Crippen molar-refractivity contribution < 1.29 is 19.4 Å². The Bertz CT molecular complexity index is 1330. The van der Waals surface area contributed by atoms with Gasteiger partial charge in [0.1, 0.15) is 11.8 Å². The van der Waals surface area contributed by atoms with E-state index in [0.29, 0.717) is 17.9 Å². The monoisotopic (exact) mass is 535 g/mol. The van der Waals surface area contributed by atoms with Crippen molar-refractivity contribution in [1.29, 1.82) is 0 Å². The molecule has 0 radical (unpaired) electrons. The molecule has 180 valence electrons. The van der Waals surface area contributed by atoms with Gasteiger partial charge >= 0.3 is 5.97 Å². The predicted octanol–water partition coefficient (Wildman–Crippen LogP) is 5.04. The minimum Gasteiger partial charge on any atom is -0.483 e. The topological polar surface area (TPSA) is 103 Å². The van der Waals surface area contributed by atoms with Crippen molar-refractivity contribution in [3.8, 4) is 5.75 Å². The van der Waals surface area contributed by atoms with Crippen molar-refractivity contribution in [3.05, 3.63) is 94.1 Å². The third kappa shape index (κ3) is 6.49. The number of aryl methyl sites for hydroxylation is 1. The molecular weight excluding hydrogens is 510 g/mol. The highest BCUT2D eigenvalue weighted by Gasteiger charge is 2.20. The number of aliphatic carboxylic acids is 1. The summed E-state index contributed by atoms with van der Waals surface area (Å²) in [4.78, 5) is 27.5. The fourth-order valence-electron chi connectivity index (χ4n) is 3.80. The molecule has 0 saturated carbocycles. The number of hydrogen-bond donors (Lipinski definition) is 4. The first-order valence-electron chi connectivity index (χ1n) is 11.2. The van der Waals surface area contributed by atoms with Crippen molar-refractivity contribution in [2.45, 2.75) is 25.9 Å². The highest BCUT2D eigenvalue weighted by Crippen LogP contribution is 2.24. The molecule has 0 aliphatic heterocycles. The predicted molar refractivity (Wildman–Crippen MR) is 140 cm³/mol. The number of nitrogens with one attached hydrogen (secondary N) is 3. The molecule has 8 heteroatoms. The van der Waals surface area contributed by atoms with Crippen LogP contribution >= 0.6 is 15.9 Å². The van der Waals surface area contributed by atoms with Crippen LogP contribution in [0.5, 0.6) is 5.75 Å². The van der Waals surface area contributed by atoms with Gasteiger partial charge in [-0.2, -0.15) is 0 Å². The van der Waals surface area contributed by atoms with E-state index in [-0.39, 0.29) is 19.1 Å². The molecular formula is C27H26BrN3O4. The number of aromatic nitrogens is 1. The zero-order chi connectivity index (χ0) is 24.8. The van der Waals surface area contributed by atoms with Crippen molar-refractivity contribution >= 4 is 44.4 Å². The van der Waals surface area contributed by atoms with E-state index in [1.807, 2.05) is 73.8 Å². The molecule has 7 nitrogen and oxygen atoms in total. The number of carboxylic acids is 1. The van der Waals surface area contributed by atoms with Crippen LogP contribution in [0.15, 0.2) is 77.4 Å². The van der Waals surface area contributed by atoms with E-state index in [0.717, 1.165) is 32.1 Å². The average molecular weight is 536 g/mol. The molecule has 1 unspecified atom stereocenters. The lowest BCUT2D eigenvalue weighted by atomic mass is 10.0. The Labute approximate surface area is 211 Å². The number of carbonyl (C=O) groups is 2. The number of para-hydroxylation sites is 1. The van der Waals surface area contributed by atoms with Crippen molar-refractivity contribution in [1.82, 2.24) is 10.3 Å². The number of amides is 1. The summed E-state index contributed by atoms with van der Waals surface area (Å²) in [6.45, 7) is 2.07. The van der Waals surface area contributed by atoms with Crippen LogP contribution in [0.4, 0.5) is 5.69 Å². The molecule has 4 N–H and O–H groups in total. The highest BCUT2D eigenvalue weighted by molar-refractivity contribution is 9.10. The van der Waals surface area contributed by atoms with Gasteiger partial charge in [0.25, 0.3) is 5.91 Å². The van der Waals surface area contributed by atoms with E-state index >= 15 is 0 Å². The Morgan fingerprint density at radius 3 is 2.60 bits per heavy atom. The minimum atomic E-state index is -0.940. The molecule has 3 aromatic carbocycles. The quantitative estimate of drug-likeness (QED) is 0.227. The normalized spacial score (nSPS) is 11.8. The molecule has 4 rings (SSSR count). The summed E-state index contributed by atoms with van der Waals surface area (Å²) in [7, 11) is 0. The summed E-state index contributed by atoms with van der Waals surface area (Å²) in [5.74, 6) is -0.709. The number of H-pyrrole nitrogens is 1. The van der Waals surface area contributed by atoms with Crippen molar-refractivity contribution in [3.63, 3.8) is 0 Å². The van der Waals surface area contributed by atoms with Crippen LogP contribution in [0, 0.1) is 6.92 Å². The number of anilines is 1. The van der Waals surface area contributed by atoms with Crippen LogP contribution in [-0.2, 0) is 22.6 Å². The first-order chi connectivity index (χ1) is 16.9. The summed E-state index contributed by atoms with van der Waals surface area (Å²) in [6, 6.07) is 19.9. The number of hydrogen-bond acceptors (Lipinski definition) is 4. The Balaban J connectivity index is 1.40. The van der Waals surface area contributed by atoms with Crippen molar-refractivity contribution in [2.75, 3.05) is 11.9 Å². The van der Waals surface area contributed by atoms with E-state index < -0.39 is 12.0 Å². The van der Waals surface area contributed by atoms with Gasteiger partial charge < -0.3 is 20.1 Å². The second kappa shape index (κ2) is 11.2. The van der Waals surface area contributed by atoms with E-state index in [2.05, 4.69) is 31.5 Å². The maximum Gasteiger partial charge on any atom is 0.321 e. The number of halogens is 1. The second-order valence-electron chi connectivity index (χ2n) is 8.29. The van der Waals surface area contributed by atoms with Gasteiger partial charge in [-0.05, 0) is 48.9 Å². The molecule has 1 atom stereocenters. The molecule has 0 spiro atoms. The summed E-state index contributed by atoms with van der Waals surface area (Å²) < 4.78 is 6.61. The summed E-state index contributed by atoms with van der Waals surface area (Å²) in [5, 5.41) is 16.7. The number of ether oxygens (including phenoxy) is 1. The van der Waals surface area contributed by atoms with E-state index in [1.165, 1.54) is 0 Å². The summed E-state index contributed by atoms with van der Waals surface area (Å²) in [6.07, 6.45) is 2.17. The Kier molecular flexibility index (Phi) is 7.84. The fraction of sp³-hybridized carbons (Fsp3) is 0.185. The van der Waals surface area contributed by atoms with Crippen LogP contribution in [0.2, 0.25) is 0 Å². The van der Waals surface area contributed by atoms with E-state index in [9.17, 15) is 14.7 Å². The Hall–Kier alpha value is -3.62. The Morgan fingerprint density at radius 1 is 1.06 bits per heavy atom. The van der Waals surface area contributed by atoms with Gasteiger partial charge in [-0.3, -0.25) is 14.9 Å². The SMILES string of the molecule is Cc1ccc(NC(=O)COc2ccc(Br)cc2CNC(Cc2c[nH]c3ccccc23)C(=O)O)cc1. The number of aromatic amines is 1. The summed E-state index contributed by atoms with van der Waals surface area (Å²) in [5.41, 5.74) is 4.45. The molecule has 0 saturated heterocycles. The maximum atomic E-state index is 12.3.